The number of thiazole rings is 1. The molecule has 1 aromatic heterocycles. The molecule has 0 unspecified atom stereocenters. The molecule has 18 heavy (non-hydrogen) atoms. The maximum atomic E-state index is 9.71. The van der Waals surface area contributed by atoms with Crippen LogP contribution in [0.5, 0.6) is 5.88 Å². The number of nitrogens with two attached hydrogens (primary N) is 2. The number of nitrogens with zero attached hydrogens (tertiary/aromatic N) is 2. The van der Waals surface area contributed by atoms with Crippen LogP contribution in [-0.2, 0) is 6.42 Å². The van der Waals surface area contributed by atoms with E-state index in [1.165, 1.54) is 16.9 Å². The average molecular weight is 262 g/mol. The van der Waals surface area contributed by atoms with Gasteiger partial charge in [-0.2, -0.15) is 9.98 Å². The number of rotatable bonds is 3. The van der Waals surface area contributed by atoms with E-state index in [2.05, 4.69) is 9.98 Å². The number of aromatic nitrogens is 1. The predicted octanol–water partition coefficient (Wildman–Crippen LogP) is 1.65. The quantitative estimate of drug-likeness (QED) is 0.578. The molecule has 2 aromatic rings. The van der Waals surface area contributed by atoms with Crippen molar-refractivity contribution < 1.29 is 5.11 Å². The molecule has 5 N–H and O–H groups in total. The Morgan fingerprint density at radius 2 is 2.00 bits per heavy atom. The van der Waals surface area contributed by atoms with Gasteiger partial charge in [0.05, 0.1) is 4.88 Å². The summed E-state index contributed by atoms with van der Waals surface area (Å²) in [6.07, 6.45) is 0.615. The fourth-order valence-electron chi connectivity index (χ4n) is 1.50. The molecule has 1 aromatic carbocycles. The van der Waals surface area contributed by atoms with Gasteiger partial charge in [-0.1, -0.05) is 41.2 Å². The summed E-state index contributed by atoms with van der Waals surface area (Å²) in [5, 5.41) is 10.1. The normalized spacial score (nSPS) is 10.3. The van der Waals surface area contributed by atoms with Crippen molar-refractivity contribution in [2.24, 2.45) is 16.5 Å². The summed E-state index contributed by atoms with van der Waals surface area (Å²) in [5.41, 5.74) is 12.8. The fraction of sp³-hybridized carbons (Fsp3) is 0.167. The smallest absolute Gasteiger partial charge is 0.227 e. The van der Waals surface area contributed by atoms with Gasteiger partial charge in [0.15, 0.2) is 5.96 Å². The van der Waals surface area contributed by atoms with Gasteiger partial charge in [0.1, 0.15) is 0 Å². The van der Waals surface area contributed by atoms with Gasteiger partial charge < -0.3 is 16.6 Å². The predicted molar refractivity (Wildman–Crippen MR) is 73.2 cm³/mol. The van der Waals surface area contributed by atoms with Crippen molar-refractivity contribution in [3.8, 4) is 5.88 Å². The molecular formula is C12H14N4OS. The van der Waals surface area contributed by atoms with Crippen LogP contribution in [0.3, 0.4) is 0 Å². The molecule has 0 saturated heterocycles. The molecule has 0 saturated carbocycles. The standard InChI is InChI=1S/C12H14N4OS/c1-7-2-4-8(5-3-7)6-9-10(17)15-12(18-9)16-11(13)14/h2-5,17H,6H2,1H3,(H4,13,14,15,16). The van der Waals surface area contributed by atoms with Crippen molar-refractivity contribution in [1.82, 2.24) is 4.98 Å². The maximum absolute atomic E-state index is 9.71. The number of hydrogen-bond donors (Lipinski definition) is 3. The Hall–Kier alpha value is -2.08. The minimum Gasteiger partial charge on any atom is -0.492 e. The lowest BCUT2D eigenvalue weighted by atomic mass is 10.1. The molecule has 0 radical (unpaired) electrons. The second-order valence-corrected chi connectivity index (χ2v) is 5.00. The summed E-state index contributed by atoms with van der Waals surface area (Å²) in [5.74, 6) is -0.0776. The van der Waals surface area contributed by atoms with Crippen molar-refractivity contribution >= 4 is 22.4 Å². The Morgan fingerprint density at radius 1 is 1.33 bits per heavy atom. The van der Waals surface area contributed by atoms with Crippen LogP contribution < -0.4 is 11.5 Å². The monoisotopic (exact) mass is 262 g/mol. The molecule has 1 heterocycles. The van der Waals surface area contributed by atoms with Crippen LogP contribution in [0.2, 0.25) is 0 Å². The number of aliphatic imine (C=N–C) groups is 1. The van der Waals surface area contributed by atoms with E-state index in [1.54, 1.807) is 0 Å². The number of aryl methyl sites for hydroxylation is 1. The van der Waals surface area contributed by atoms with Gasteiger partial charge in [0.2, 0.25) is 11.0 Å². The summed E-state index contributed by atoms with van der Waals surface area (Å²) in [7, 11) is 0. The van der Waals surface area contributed by atoms with Crippen LogP contribution in [-0.4, -0.2) is 16.1 Å². The van der Waals surface area contributed by atoms with Crippen molar-refractivity contribution in [2.45, 2.75) is 13.3 Å². The van der Waals surface area contributed by atoms with Gasteiger partial charge in [0.25, 0.3) is 0 Å². The Morgan fingerprint density at radius 3 is 2.61 bits per heavy atom. The molecule has 0 bridgehead atoms. The Balaban J connectivity index is 2.21. The van der Waals surface area contributed by atoms with E-state index in [4.69, 9.17) is 11.5 Å². The molecule has 0 spiro atoms. The van der Waals surface area contributed by atoms with Gasteiger partial charge in [0, 0.05) is 6.42 Å². The highest BCUT2D eigenvalue weighted by atomic mass is 32.1. The van der Waals surface area contributed by atoms with Crippen molar-refractivity contribution in [3.05, 3.63) is 40.3 Å². The molecule has 0 aliphatic heterocycles. The van der Waals surface area contributed by atoms with E-state index in [-0.39, 0.29) is 11.8 Å². The molecular weight excluding hydrogens is 248 g/mol. The van der Waals surface area contributed by atoms with Crippen LogP contribution in [0, 0.1) is 6.92 Å². The van der Waals surface area contributed by atoms with E-state index in [9.17, 15) is 5.11 Å². The highest BCUT2D eigenvalue weighted by molar-refractivity contribution is 7.15. The molecule has 2 rings (SSSR count). The summed E-state index contributed by atoms with van der Waals surface area (Å²) in [6, 6.07) is 8.11. The third kappa shape index (κ3) is 2.98. The Labute approximate surface area is 109 Å². The average Bonchev–Trinajstić information content (AvgIpc) is 2.61. The third-order valence-electron chi connectivity index (χ3n) is 2.38. The van der Waals surface area contributed by atoms with Gasteiger partial charge >= 0.3 is 0 Å². The Bertz CT molecular complexity index is 570. The zero-order valence-corrected chi connectivity index (χ0v) is 10.7. The summed E-state index contributed by atoms with van der Waals surface area (Å²) in [4.78, 5) is 8.46. The summed E-state index contributed by atoms with van der Waals surface area (Å²) in [6.45, 7) is 2.03. The first-order valence-electron chi connectivity index (χ1n) is 5.38. The van der Waals surface area contributed by atoms with E-state index < -0.39 is 0 Å². The summed E-state index contributed by atoms with van der Waals surface area (Å²) >= 11 is 1.28. The van der Waals surface area contributed by atoms with E-state index >= 15 is 0 Å². The molecule has 0 amide bonds. The van der Waals surface area contributed by atoms with Crippen LogP contribution >= 0.6 is 11.3 Å². The molecule has 5 nitrogen and oxygen atoms in total. The lowest BCUT2D eigenvalue weighted by molar-refractivity contribution is 0.452. The van der Waals surface area contributed by atoms with E-state index in [0.29, 0.717) is 11.6 Å². The molecule has 0 aliphatic rings. The second kappa shape index (κ2) is 5.05. The van der Waals surface area contributed by atoms with Crippen LogP contribution in [0.4, 0.5) is 5.13 Å². The molecule has 0 fully saturated rings. The summed E-state index contributed by atoms with van der Waals surface area (Å²) < 4.78 is 0. The topological polar surface area (TPSA) is 97.5 Å². The van der Waals surface area contributed by atoms with Crippen molar-refractivity contribution in [2.75, 3.05) is 0 Å². The largest absolute Gasteiger partial charge is 0.492 e. The number of aromatic hydroxyl groups is 1. The Kier molecular flexibility index (Phi) is 3.47. The van der Waals surface area contributed by atoms with Gasteiger partial charge in [-0.05, 0) is 12.5 Å². The first kappa shape index (κ1) is 12.4. The third-order valence-corrected chi connectivity index (χ3v) is 3.31. The van der Waals surface area contributed by atoms with E-state index in [0.717, 1.165) is 10.4 Å². The fourth-order valence-corrected chi connectivity index (χ4v) is 2.38. The number of benzene rings is 1. The van der Waals surface area contributed by atoms with E-state index in [1.807, 2.05) is 31.2 Å². The van der Waals surface area contributed by atoms with Crippen LogP contribution in [0.1, 0.15) is 16.0 Å². The lowest BCUT2D eigenvalue weighted by Gasteiger charge is -1.99. The number of hydrogen-bond acceptors (Lipinski definition) is 4. The molecule has 0 aliphatic carbocycles. The van der Waals surface area contributed by atoms with Crippen LogP contribution in [0.25, 0.3) is 0 Å². The van der Waals surface area contributed by atoms with Crippen LogP contribution in [0.15, 0.2) is 29.3 Å². The zero-order chi connectivity index (χ0) is 13.1. The first-order valence-corrected chi connectivity index (χ1v) is 6.20. The van der Waals surface area contributed by atoms with Crippen molar-refractivity contribution in [1.29, 1.82) is 0 Å². The minimum atomic E-state index is -0.0642. The number of guanidine groups is 1. The lowest BCUT2D eigenvalue weighted by Crippen LogP contribution is -2.21. The molecule has 94 valence electrons. The maximum Gasteiger partial charge on any atom is 0.227 e. The van der Waals surface area contributed by atoms with Gasteiger partial charge in [-0.25, -0.2) is 0 Å². The zero-order valence-electron chi connectivity index (χ0n) is 9.92. The molecule has 0 atom stereocenters. The first-order chi connectivity index (χ1) is 8.54. The molecule has 6 heteroatoms. The van der Waals surface area contributed by atoms with Crippen molar-refractivity contribution in [3.63, 3.8) is 0 Å². The van der Waals surface area contributed by atoms with Gasteiger partial charge in [-0.3, -0.25) is 0 Å². The van der Waals surface area contributed by atoms with Gasteiger partial charge in [-0.15, -0.1) is 0 Å². The highest BCUT2D eigenvalue weighted by Crippen LogP contribution is 2.31. The minimum absolute atomic E-state index is 0.0134. The SMILES string of the molecule is Cc1ccc(Cc2sc(N=C(N)N)nc2O)cc1. The highest BCUT2D eigenvalue weighted by Gasteiger charge is 2.10. The second-order valence-electron chi connectivity index (χ2n) is 3.94.